The van der Waals surface area contributed by atoms with Crippen molar-refractivity contribution in [3.63, 3.8) is 0 Å². The van der Waals surface area contributed by atoms with Crippen LogP contribution in [0.5, 0.6) is 5.75 Å². The van der Waals surface area contributed by atoms with E-state index in [4.69, 9.17) is 4.74 Å². The Morgan fingerprint density at radius 3 is 2.53 bits per heavy atom. The fraction of sp³-hybridized carbons (Fsp3) is 0.417. The molecule has 0 saturated carbocycles. The van der Waals surface area contributed by atoms with Crippen molar-refractivity contribution in [1.29, 1.82) is 0 Å². The predicted octanol–water partition coefficient (Wildman–Crippen LogP) is 1.76. The standard InChI is InChI=1S/C12H17NO2/c1-3-15-11-7-4-10(5-8-11)6-9-12(14)13-2/h4-5,7-8H,3,6,9H2,1-2H3,(H,13,14). The van der Waals surface area contributed by atoms with Crippen LogP contribution in [-0.2, 0) is 11.2 Å². The maximum atomic E-state index is 11.0. The minimum absolute atomic E-state index is 0.0730. The second kappa shape index (κ2) is 6.06. The third-order valence-corrected chi connectivity index (χ3v) is 2.15. The molecule has 0 radical (unpaired) electrons. The van der Waals surface area contributed by atoms with Gasteiger partial charge in [-0.15, -0.1) is 0 Å². The quantitative estimate of drug-likeness (QED) is 0.799. The molecule has 0 spiro atoms. The summed E-state index contributed by atoms with van der Waals surface area (Å²) in [5, 5.41) is 2.60. The highest BCUT2D eigenvalue weighted by Gasteiger charge is 1.99. The zero-order chi connectivity index (χ0) is 11.1. The first-order valence-electron chi connectivity index (χ1n) is 5.18. The van der Waals surface area contributed by atoms with Crippen molar-refractivity contribution in [2.75, 3.05) is 13.7 Å². The molecule has 0 bridgehead atoms. The Bertz CT molecular complexity index is 306. The molecule has 0 heterocycles. The van der Waals surface area contributed by atoms with Crippen molar-refractivity contribution in [3.05, 3.63) is 29.8 Å². The lowest BCUT2D eigenvalue weighted by molar-refractivity contribution is -0.120. The Morgan fingerprint density at radius 1 is 1.33 bits per heavy atom. The Labute approximate surface area is 90.4 Å². The molecule has 3 nitrogen and oxygen atoms in total. The maximum Gasteiger partial charge on any atom is 0.220 e. The van der Waals surface area contributed by atoms with Gasteiger partial charge in [-0.1, -0.05) is 12.1 Å². The van der Waals surface area contributed by atoms with Gasteiger partial charge in [-0.05, 0) is 31.0 Å². The third-order valence-electron chi connectivity index (χ3n) is 2.15. The van der Waals surface area contributed by atoms with Gasteiger partial charge < -0.3 is 10.1 Å². The van der Waals surface area contributed by atoms with Crippen molar-refractivity contribution >= 4 is 5.91 Å². The fourth-order valence-corrected chi connectivity index (χ4v) is 1.30. The summed E-state index contributed by atoms with van der Waals surface area (Å²) in [6, 6.07) is 7.85. The topological polar surface area (TPSA) is 38.3 Å². The van der Waals surface area contributed by atoms with Gasteiger partial charge in [0.05, 0.1) is 6.61 Å². The van der Waals surface area contributed by atoms with Crippen LogP contribution in [0.1, 0.15) is 18.9 Å². The number of amides is 1. The smallest absolute Gasteiger partial charge is 0.220 e. The summed E-state index contributed by atoms with van der Waals surface area (Å²) >= 11 is 0. The minimum atomic E-state index is 0.0730. The van der Waals surface area contributed by atoms with Gasteiger partial charge >= 0.3 is 0 Å². The van der Waals surface area contributed by atoms with E-state index < -0.39 is 0 Å². The third kappa shape index (κ3) is 4.02. The Balaban J connectivity index is 2.45. The number of nitrogens with one attached hydrogen (secondary N) is 1. The SMILES string of the molecule is CCOc1ccc(CCC(=O)NC)cc1. The first-order chi connectivity index (χ1) is 7.26. The molecular weight excluding hydrogens is 190 g/mol. The summed E-state index contributed by atoms with van der Waals surface area (Å²) in [4.78, 5) is 11.0. The van der Waals surface area contributed by atoms with E-state index >= 15 is 0 Å². The number of hydrogen-bond acceptors (Lipinski definition) is 2. The van der Waals surface area contributed by atoms with Crippen LogP contribution in [0.3, 0.4) is 0 Å². The highest BCUT2D eigenvalue weighted by molar-refractivity contribution is 5.75. The van der Waals surface area contributed by atoms with Crippen molar-refractivity contribution in [2.24, 2.45) is 0 Å². The molecule has 0 aliphatic heterocycles. The second-order valence-corrected chi connectivity index (χ2v) is 3.25. The lowest BCUT2D eigenvalue weighted by atomic mass is 10.1. The zero-order valence-corrected chi connectivity index (χ0v) is 9.25. The molecule has 0 saturated heterocycles. The van der Waals surface area contributed by atoms with Crippen molar-refractivity contribution in [1.82, 2.24) is 5.32 Å². The van der Waals surface area contributed by atoms with Gasteiger partial charge in [-0.3, -0.25) is 4.79 Å². The largest absolute Gasteiger partial charge is 0.494 e. The number of rotatable bonds is 5. The summed E-state index contributed by atoms with van der Waals surface area (Å²) in [5.41, 5.74) is 1.15. The van der Waals surface area contributed by atoms with Crippen molar-refractivity contribution < 1.29 is 9.53 Å². The van der Waals surface area contributed by atoms with Crippen molar-refractivity contribution in [3.8, 4) is 5.75 Å². The van der Waals surface area contributed by atoms with E-state index in [9.17, 15) is 4.79 Å². The van der Waals surface area contributed by atoms with E-state index in [-0.39, 0.29) is 5.91 Å². The summed E-state index contributed by atoms with van der Waals surface area (Å²) < 4.78 is 5.33. The molecule has 0 aliphatic carbocycles. The molecule has 15 heavy (non-hydrogen) atoms. The Kier molecular flexibility index (Phi) is 4.68. The fourth-order valence-electron chi connectivity index (χ4n) is 1.30. The first-order valence-corrected chi connectivity index (χ1v) is 5.18. The number of hydrogen-bond donors (Lipinski definition) is 1. The van der Waals surface area contributed by atoms with Crippen LogP contribution in [0.2, 0.25) is 0 Å². The van der Waals surface area contributed by atoms with Crippen LogP contribution < -0.4 is 10.1 Å². The van der Waals surface area contributed by atoms with Gasteiger partial charge in [0.2, 0.25) is 5.91 Å². The molecule has 0 fully saturated rings. The molecule has 0 aliphatic rings. The van der Waals surface area contributed by atoms with Gasteiger partial charge in [-0.25, -0.2) is 0 Å². The summed E-state index contributed by atoms with van der Waals surface area (Å²) in [7, 11) is 1.65. The molecule has 0 aromatic heterocycles. The van der Waals surface area contributed by atoms with Gasteiger partial charge in [-0.2, -0.15) is 0 Å². The second-order valence-electron chi connectivity index (χ2n) is 3.25. The van der Waals surface area contributed by atoms with Gasteiger partial charge in [0.1, 0.15) is 5.75 Å². The van der Waals surface area contributed by atoms with Crippen LogP contribution in [0, 0.1) is 0 Å². The molecule has 0 unspecified atom stereocenters. The van der Waals surface area contributed by atoms with E-state index in [0.717, 1.165) is 17.7 Å². The molecule has 0 atom stereocenters. The maximum absolute atomic E-state index is 11.0. The summed E-state index contributed by atoms with van der Waals surface area (Å²) in [6.45, 7) is 2.64. The van der Waals surface area contributed by atoms with E-state index in [2.05, 4.69) is 5.32 Å². The van der Waals surface area contributed by atoms with E-state index in [1.807, 2.05) is 31.2 Å². The first kappa shape index (κ1) is 11.6. The molecule has 82 valence electrons. The lowest BCUT2D eigenvalue weighted by Crippen LogP contribution is -2.17. The Morgan fingerprint density at radius 2 is 2.00 bits per heavy atom. The van der Waals surface area contributed by atoms with E-state index in [1.165, 1.54) is 0 Å². The van der Waals surface area contributed by atoms with E-state index in [1.54, 1.807) is 7.05 Å². The van der Waals surface area contributed by atoms with E-state index in [0.29, 0.717) is 13.0 Å². The molecule has 3 heteroatoms. The normalized spacial score (nSPS) is 9.73. The summed E-state index contributed by atoms with van der Waals surface area (Å²) in [5.74, 6) is 0.949. The number of aryl methyl sites for hydroxylation is 1. The zero-order valence-electron chi connectivity index (χ0n) is 9.25. The van der Waals surface area contributed by atoms with Gasteiger partial charge in [0.25, 0.3) is 0 Å². The van der Waals surface area contributed by atoms with Crippen molar-refractivity contribution in [2.45, 2.75) is 19.8 Å². The molecule has 1 amide bonds. The van der Waals surface area contributed by atoms with Crippen LogP contribution in [0.25, 0.3) is 0 Å². The molecule has 1 aromatic rings. The van der Waals surface area contributed by atoms with Crippen LogP contribution in [0.4, 0.5) is 0 Å². The van der Waals surface area contributed by atoms with Crippen LogP contribution in [-0.4, -0.2) is 19.6 Å². The van der Waals surface area contributed by atoms with Crippen LogP contribution in [0.15, 0.2) is 24.3 Å². The number of ether oxygens (including phenoxy) is 1. The predicted molar refractivity (Wildman–Crippen MR) is 60.0 cm³/mol. The van der Waals surface area contributed by atoms with Crippen LogP contribution >= 0.6 is 0 Å². The molecule has 1 N–H and O–H groups in total. The molecule has 1 rings (SSSR count). The lowest BCUT2D eigenvalue weighted by Gasteiger charge is -2.04. The minimum Gasteiger partial charge on any atom is -0.494 e. The number of benzene rings is 1. The monoisotopic (exact) mass is 207 g/mol. The van der Waals surface area contributed by atoms with Gasteiger partial charge in [0.15, 0.2) is 0 Å². The highest BCUT2D eigenvalue weighted by Crippen LogP contribution is 2.13. The molecule has 1 aromatic carbocycles. The number of carbonyl (C=O) groups excluding carboxylic acids is 1. The Hall–Kier alpha value is -1.51. The number of carbonyl (C=O) groups is 1. The van der Waals surface area contributed by atoms with Gasteiger partial charge in [0, 0.05) is 13.5 Å². The average Bonchev–Trinajstić information content (AvgIpc) is 2.28. The summed E-state index contributed by atoms with van der Waals surface area (Å²) in [6.07, 6.45) is 1.30. The average molecular weight is 207 g/mol. The highest BCUT2D eigenvalue weighted by atomic mass is 16.5. The molecular formula is C12H17NO2.